The van der Waals surface area contributed by atoms with Gasteiger partial charge < -0.3 is 19.5 Å². The Morgan fingerprint density at radius 3 is 2.78 bits per heavy atom. The molecule has 0 amide bonds. The molecule has 1 fully saturated rings. The molecule has 1 N–H and O–H groups in total. The third-order valence-corrected chi connectivity index (χ3v) is 3.42. The molecule has 1 aromatic rings. The first kappa shape index (κ1) is 11.8. The second-order valence-corrected chi connectivity index (χ2v) is 5.19. The van der Waals surface area contributed by atoms with Crippen LogP contribution in [0.2, 0.25) is 0 Å². The molecule has 0 saturated carbocycles. The second kappa shape index (κ2) is 4.78. The van der Waals surface area contributed by atoms with Crippen LogP contribution in [0, 0.1) is 0 Å². The van der Waals surface area contributed by atoms with Gasteiger partial charge in [0.25, 0.3) is 0 Å². The van der Waals surface area contributed by atoms with Crippen molar-refractivity contribution in [2.45, 2.75) is 18.9 Å². The van der Waals surface area contributed by atoms with Crippen molar-refractivity contribution in [1.29, 1.82) is 0 Å². The molecule has 0 aromatic heterocycles. The van der Waals surface area contributed by atoms with Gasteiger partial charge in [-0.05, 0) is 31.0 Å². The number of nitrogens with one attached hydrogen (secondary N) is 1. The molecule has 1 unspecified atom stereocenters. The van der Waals surface area contributed by atoms with Crippen LogP contribution in [0.3, 0.4) is 0 Å². The zero-order valence-corrected chi connectivity index (χ0v) is 10.7. The van der Waals surface area contributed by atoms with Gasteiger partial charge in [0.05, 0.1) is 13.2 Å². The third kappa shape index (κ3) is 2.44. The van der Waals surface area contributed by atoms with Gasteiger partial charge in [-0.1, -0.05) is 6.07 Å². The van der Waals surface area contributed by atoms with Gasteiger partial charge in [0.2, 0.25) is 0 Å². The fourth-order valence-corrected chi connectivity index (χ4v) is 2.54. The smallest absolute Gasteiger partial charge is 0.161 e. The summed E-state index contributed by atoms with van der Waals surface area (Å²) in [6.45, 7) is 5.94. The van der Waals surface area contributed by atoms with Crippen LogP contribution < -0.4 is 14.8 Å². The summed E-state index contributed by atoms with van der Waals surface area (Å²) in [5, 5.41) is 3.53. The van der Waals surface area contributed by atoms with Gasteiger partial charge in [-0.25, -0.2) is 0 Å². The maximum atomic E-state index is 5.61. The standard InChI is InChI=1S/C14H19NO3/c1-14(10-16-5-4-15-14)9-11-2-3-12-13(8-11)18-7-6-17-12/h2-3,8,15H,4-7,9-10H2,1H3. The largest absolute Gasteiger partial charge is 0.486 e. The van der Waals surface area contributed by atoms with E-state index in [2.05, 4.69) is 24.4 Å². The fourth-order valence-electron chi connectivity index (χ4n) is 2.54. The van der Waals surface area contributed by atoms with Crippen LogP contribution in [0.1, 0.15) is 12.5 Å². The van der Waals surface area contributed by atoms with E-state index < -0.39 is 0 Å². The minimum absolute atomic E-state index is 0.0159. The summed E-state index contributed by atoms with van der Waals surface area (Å²) in [5.74, 6) is 1.71. The molecule has 0 aliphatic carbocycles. The van der Waals surface area contributed by atoms with Crippen molar-refractivity contribution in [3.05, 3.63) is 23.8 Å². The van der Waals surface area contributed by atoms with Crippen LogP contribution in [0.5, 0.6) is 11.5 Å². The number of hydrogen-bond donors (Lipinski definition) is 1. The number of fused-ring (bicyclic) bond motifs is 1. The highest BCUT2D eigenvalue weighted by molar-refractivity contribution is 5.44. The molecule has 0 radical (unpaired) electrons. The van der Waals surface area contributed by atoms with Crippen LogP contribution in [0.15, 0.2) is 18.2 Å². The van der Waals surface area contributed by atoms with Crippen LogP contribution >= 0.6 is 0 Å². The minimum atomic E-state index is 0.0159. The lowest BCUT2D eigenvalue weighted by Crippen LogP contribution is -2.53. The predicted octanol–water partition coefficient (Wildman–Crippen LogP) is 1.38. The topological polar surface area (TPSA) is 39.7 Å². The summed E-state index contributed by atoms with van der Waals surface area (Å²) < 4.78 is 16.7. The first-order valence-electron chi connectivity index (χ1n) is 6.47. The number of rotatable bonds is 2. The highest BCUT2D eigenvalue weighted by atomic mass is 16.6. The molecular formula is C14H19NO3. The summed E-state index contributed by atoms with van der Waals surface area (Å²) in [5.41, 5.74) is 1.27. The summed E-state index contributed by atoms with van der Waals surface area (Å²) in [6.07, 6.45) is 0.934. The lowest BCUT2D eigenvalue weighted by Gasteiger charge is -2.35. The maximum Gasteiger partial charge on any atom is 0.161 e. The molecule has 1 atom stereocenters. The Morgan fingerprint density at radius 1 is 1.17 bits per heavy atom. The van der Waals surface area contributed by atoms with E-state index in [1.807, 2.05) is 6.07 Å². The number of ether oxygens (including phenoxy) is 3. The Hall–Kier alpha value is -1.26. The normalized spacial score (nSPS) is 26.9. The van der Waals surface area contributed by atoms with Crippen molar-refractivity contribution in [3.63, 3.8) is 0 Å². The van der Waals surface area contributed by atoms with E-state index in [9.17, 15) is 0 Å². The van der Waals surface area contributed by atoms with Crippen molar-refractivity contribution in [2.24, 2.45) is 0 Å². The van der Waals surface area contributed by atoms with E-state index in [0.717, 1.165) is 37.7 Å². The van der Waals surface area contributed by atoms with Crippen LogP contribution in [0.4, 0.5) is 0 Å². The molecule has 1 aromatic carbocycles. The first-order chi connectivity index (χ1) is 8.75. The molecule has 98 valence electrons. The Morgan fingerprint density at radius 2 is 2.00 bits per heavy atom. The summed E-state index contributed by atoms with van der Waals surface area (Å²) >= 11 is 0. The van der Waals surface area contributed by atoms with E-state index >= 15 is 0 Å². The fraction of sp³-hybridized carbons (Fsp3) is 0.571. The van der Waals surface area contributed by atoms with Crippen LogP contribution in [-0.4, -0.2) is 38.5 Å². The molecule has 18 heavy (non-hydrogen) atoms. The van der Waals surface area contributed by atoms with Crippen molar-refractivity contribution in [3.8, 4) is 11.5 Å². The van der Waals surface area contributed by atoms with Gasteiger partial charge in [0.15, 0.2) is 11.5 Å². The minimum Gasteiger partial charge on any atom is -0.486 e. The van der Waals surface area contributed by atoms with Crippen LogP contribution in [0.25, 0.3) is 0 Å². The van der Waals surface area contributed by atoms with Gasteiger partial charge in [-0.15, -0.1) is 0 Å². The summed E-state index contributed by atoms with van der Waals surface area (Å²) in [6, 6.07) is 6.18. The average Bonchev–Trinajstić information content (AvgIpc) is 2.39. The Balaban J connectivity index is 1.76. The molecular weight excluding hydrogens is 230 g/mol. The zero-order chi connectivity index (χ0) is 12.4. The maximum absolute atomic E-state index is 5.61. The molecule has 2 aliphatic heterocycles. The third-order valence-electron chi connectivity index (χ3n) is 3.42. The van der Waals surface area contributed by atoms with Crippen molar-refractivity contribution < 1.29 is 14.2 Å². The van der Waals surface area contributed by atoms with Crippen molar-refractivity contribution in [1.82, 2.24) is 5.32 Å². The Labute approximate surface area is 107 Å². The quantitative estimate of drug-likeness (QED) is 0.859. The van der Waals surface area contributed by atoms with E-state index in [4.69, 9.17) is 14.2 Å². The van der Waals surface area contributed by atoms with Crippen molar-refractivity contribution in [2.75, 3.05) is 33.0 Å². The van der Waals surface area contributed by atoms with Gasteiger partial charge >= 0.3 is 0 Å². The number of benzene rings is 1. The second-order valence-electron chi connectivity index (χ2n) is 5.19. The van der Waals surface area contributed by atoms with Gasteiger partial charge in [0.1, 0.15) is 13.2 Å². The number of morpholine rings is 1. The Bertz CT molecular complexity index is 427. The van der Waals surface area contributed by atoms with E-state index in [-0.39, 0.29) is 5.54 Å². The summed E-state index contributed by atoms with van der Waals surface area (Å²) in [4.78, 5) is 0. The monoisotopic (exact) mass is 249 g/mol. The lowest BCUT2D eigenvalue weighted by molar-refractivity contribution is 0.0355. The first-order valence-corrected chi connectivity index (χ1v) is 6.47. The highest BCUT2D eigenvalue weighted by Crippen LogP contribution is 2.32. The molecule has 3 rings (SSSR count). The molecule has 1 saturated heterocycles. The van der Waals surface area contributed by atoms with Gasteiger partial charge in [-0.3, -0.25) is 0 Å². The molecule has 0 spiro atoms. The van der Waals surface area contributed by atoms with E-state index in [1.165, 1.54) is 5.56 Å². The molecule has 2 heterocycles. The van der Waals surface area contributed by atoms with Crippen molar-refractivity contribution >= 4 is 0 Å². The van der Waals surface area contributed by atoms with E-state index in [0.29, 0.717) is 13.2 Å². The van der Waals surface area contributed by atoms with E-state index in [1.54, 1.807) is 0 Å². The molecule has 0 bridgehead atoms. The molecule has 4 heteroatoms. The average molecular weight is 249 g/mol. The van der Waals surface area contributed by atoms with Gasteiger partial charge in [0, 0.05) is 12.1 Å². The zero-order valence-electron chi connectivity index (χ0n) is 10.7. The highest BCUT2D eigenvalue weighted by Gasteiger charge is 2.27. The molecule has 4 nitrogen and oxygen atoms in total. The number of hydrogen-bond acceptors (Lipinski definition) is 4. The molecule has 2 aliphatic rings. The Kier molecular flexibility index (Phi) is 3.14. The SMILES string of the molecule is CC1(Cc2ccc3c(c2)OCCO3)COCCN1. The predicted molar refractivity (Wildman–Crippen MR) is 68.4 cm³/mol. The summed E-state index contributed by atoms with van der Waals surface area (Å²) in [7, 11) is 0. The van der Waals surface area contributed by atoms with Gasteiger partial charge in [-0.2, -0.15) is 0 Å². The van der Waals surface area contributed by atoms with Crippen LogP contribution in [-0.2, 0) is 11.2 Å². The lowest BCUT2D eigenvalue weighted by atomic mass is 9.92.